The van der Waals surface area contributed by atoms with Gasteiger partial charge in [-0.1, -0.05) is 41.9 Å². The highest BCUT2D eigenvalue weighted by atomic mass is 35.5. The Labute approximate surface area is 123 Å². The molecular formula is C15H16ClN3O. The molecule has 1 aromatic heterocycles. The Hall–Kier alpha value is -2.07. The topological polar surface area (TPSA) is 45.2 Å². The van der Waals surface area contributed by atoms with E-state index < -0.39 is 0 Å². The maximum Gasteiger partial charge on any atom is 0.274 e. The molecule has 2 aromatic rings. The van der Waals surface area contributed by atoms with Crippen LogP contribution in [0, 0.1) is 0 Å². The molecule has 0 radical (unpaired) electrons. The van der Waals surface area contributed by atoms with Gasteiger partial charge in [0.25, 0.3) is 5.91 Å². The molecule has 0 spiro atoms. The Morgan fingerprint density at radius 1 is 1.25 bits per heavy atom. The summed E-state index contributed by atoms with van der Waals surface area (Å²) < 4.78 is 0. The Balaban J connectivity index is 2.18. The van der Waals surface area contributed by atoms with Crippen LogP contribution in [0.25, 0.3) is 0 Å². The predicted molar refractivity (Wildman–Crippen MR) is 81.0 cm³/mol. The van der Waals surface area contributed by atoms with Crippen LogP contribution < -0.4 is 5.32 Å². The van der Waals surface area contributed by atoms with Crippen molar-refractivity contribution < 1.29 is 4.79 Å². The second kappa shape index (κ2) is 6.39. The van der Waals surface area contributed by atoms with Gasteiger partial charge in [0.05, 0.1) is 5.02 Å². The first kappa shape index (κ1) is 14.3. The number of rotatable bonds is 4. The maximum absolute atomic E-state index is 12.4. The van der Waals surface area contributed by atoms with Crippen LogP contribution in [-0.2, 0) is 6.54 Å². The van der Waals surface area contributed by atoms with Crippen molar-refractivity contribution in [3.63, 3.8) is 0 Å². The predicted octanol–water partition coefficient (Wildman–Crippen LogP) is 3.05. The number of carbonyl (C=O) groups excluding carboxylic acids is 1. The number of aromatic nitrogens is 1. The lowest BCUT2D eigenvalue weighted by Crippen LogP contribution is -2.27. The molecule has 0 saturated heterocycles. The Morgan fingerprint density at radius 3 is 2.60 bits per heavy atom. The number of amides is 1. The van der Waals surface area contributed by atoms with Crippen molar-refractivity contribution in [2.24, 2.45) is 0 Å². The van der Waals surface area contributed by atoms with Gasteiger partial charge >= 0.3 is 0 Å². The lowest BCUT2D eigenvalue weighted by Gasteiger charge is -2.17. The molecule has 0 aliphatic carbocycles. The Kier molecular flexibility index (Phi) is 4.58. The molecule has 0 bridgehead atoms. The highest BCUT2D eigenvalue weighted by Crippen LogP contribution is 2.18. The summed E-state index contributed by atoms with van der Waals surface area (Å²) in [5, 5.41) is 3.25. The SMILES string of the molecule is CNc1ccc(Cl)c(C(=O)N(C)Cc2ccccc2)n1. The second-order valence-corrected chi connectivity index (χ2v) is 4.83. The van der Waals surface area contributed by atoms with E-state index >= 15 is 0 Å². The van der Waals surface area contributed by atoms with Crippen LogP contribution in [-0.4, -0.2) is 29.9 Å². The van der Waals surface area contributed by atoms with Crippen molar-refractivity contribution in [3.05, 3.63) is 58.7 Å². The van der Waals surface area contributed by atoms with Gasteiger partial charge in [-0.25, -0.2) is 4.98 Å². The molecule has 1 N–H and O–H groups in total. The van der Waals surface area contributed by atoms with Crippen molar-refractivity contribution >= 4 is 23.3 Å². The first-order chi connectivity index (χ1) is 9.61. The van der Waals surface area contributed by atoms with Crippen LogP contribution in [0.2, 0.25) is 5.02 Å². The van der Waals surface area contributed by atoms with Gasteiger partial charge in [-0.3, -0.25) is 4.79 Å². The molecule has 1 heterocycles. The van der Waals surface area contributed by atoms with E-state index in [0.29, 0.717) is 17.4 Å². The quantitative estimate of drug-likeness (QED) is 0.941. The van der Waals surface area contributed by atoms with Crippen LogP contribution in [0.15, 0.2) is 42.5 Å². The van der Waals surface area contributed by atoms with Crippen molar-refractivity contribution in [2.45, 2.75) is 6.54 Å². The van der Waals surface area contributed by atoms with Crippen molar-refractivity contribution in [1.29, 1.82) is 0 Å². The average molecular weight is 290 g/mol. The number of halogens is 1. The van der Waals surface area contributed by atoms with Gasteiger partial charge in [0, 0.05) is 20.6 Å². The summed E-state index contributed by atoms with van der Waals surface area (Å²) in [5.41, 5.74) is 1.32. The molecule has 0 fully saturated rings. The molecular weight excluding hydrogens is 274 g/mol. The molecule has 5 heteroatoms. The highest BCUT2D eigenvalue weighted by molar-refractivity contribution is 6.33. The summed E-state index contributed by atoms with van der Waals surface area (Å²) in [6.45, 7) is 0.515. The van der Waals surface area contributed by atoms with E-state index in [-0.39, 0.29) is 11.6 Å². The average Bonchev–Trinajstić information content (AvgIpc) is 2.48. The number of carbonyl (C=O) groups is 1. The third kappa shape index (κ3) is 3.27. The molecule has 0 aliphatic heterocycles. The van der Waals surface area contributed by atoms with Gasteiger partial charge in [0.15, 0.2) is 0 Å². The fourth-order valence-corrected chi connectivity index (χ4v) is 2.03. The summed E-state index contributed by atoms with van der Waals surface area (Å²) in [5.74, 6) is 0.418. The standard InChI is InChI=1S/C15H16ClN3O/c1-17-13-9-8-12(16)14(18-13)15(20)19(2)10-11-6-4-3-5-7-11/h3-9H,10H2,1-2H3,(H,17,18). The summed E-state index contributed by atoms with van der Waals surface area (Å²) in [6, 6.07) is 13.2. The van der Waals surface area contributed by atoms with E-state index in [0.717, 1.165) is 5.56 Å². The molecule has 1 amide bonds. The lowest BCUT2D eigenvalue weighted by molar-refractivity contribution is 0.0779. The third-order valence-corrected chi connectivity index (χ3v) is 3.22. The van der Waals surface area contributed by atoms with Crippen LogP contribution in [0.5, 0.6) is 0 Å². The molecule has 0 unspecified atom stereocenters. The summed E-state index contributed by atoms with van der Waals surface area (Å²) >= 11 is 6.06. The van der Waals surface area contributed by atoms with E-state index in [1.165, 1.54) is 0 Å². The van der Waals surface area contributed by atoms with Crippen LogP contribution >= 0.6 is 11.6 Å². The van der Waals surface area contributed by atoms with Crippen LogP contribution in [0.3, 0.4) is 0 Å². The van der Waals surface area contributed by atoms with Crippen LogP contribution in [0.4, 0.5) is 5.82 Å². The minimum atomic E-state index is -0.198. The molecule has 4 nitrogen and oxygen atoms in total. The second-order valence-electron chi connectivity index (χ2n) is 4.42. The number of hydrogen-bond acceptors (Lipinski definition) is 3. The zero-order valence-corrected chi connectivity index (χ0v) is 12.2. The van der Waals surface area contributed by atoms with Gasteiger partial charge in [0.2, 0.25) is 0 Å². The van der Waals surface area contributed by atoms with E-state index in [1.807, 2.05) is 30.3 Å². The van der Waals surface area contributed by atoms with Crippen molar-refractivity contribution in [2.75, 3.05) is 19.4 Å². The fraction of sp³-hybridized carbons (Fsp3) is 0.200. The van der Waals surface area contributed by atoms with Crippen LogP contribution in [0.1, 0.15) is 16.1 Å². The third-order valence-electron chi connectivity index (χ3n) is 2.91. The molecule has 0 saturated carbocycles. The molecule has 104 valence electrons. The largest absolute Gasteiger partial charge is 0.373 e. The monoisotopic (exact) mass is 289 g/mol. The first-order valence-electron chi connectivity index (χ1n) is 6.25. The normalized spacial score (nSPS) is 10.2. The zero-order chi connectivity index (χ0) is 14.5. The summed E-state index contributed by atoms with van der Waals surface area (Å²) in [4.78, 5) is 18.2. The van der Waals surface area contributed by atoms with Gasteiger partial charge in [0.1, 0.15) is 11.5 Å². The molecule has 2 rings (SSSR count). The van der Waals surface area contributed by atoms with Crippen molar-refractivity contribution in [3.8, 4) is 0 Å². The first-order valence-corrected chi connectivity index (χ1v) is 6.63. The highest BCUT2D eigenvalue weighted by Gasteiger charge is 2.17. The number of benzene rings is 1. The summed E-state index contributed by atoms with van der Waals surface area (Å²) in [7, 11) is 3.48. The van der Waals surface area contributed by atoms with E-state index in [1.54, 1.807) is 31.1 Å². The zero-order valence-electron chi connectivity index (χ0n) is 11.4. The molecule has 0 aliphatic rings. The van der Waals surface area contributed by atoms with E-state index in [4.69, 9.17) is 11.6 Å². The lowest BCUT2D eigenvalue weighted by atomic mass is 10.2. The van der Waals surface area contributed by atoms with Gasteiger partial charge < -0.3 is 10.2 Å². The summed E-state index contributed by atoms with van der Waals surface area (Å²) in [6.07, 6.45) is 0. The number of hydrogen-bond donors (Lipinski definition) is 1. The number of anilines is 1. The Bertz CT molecular complexity index is 601. The minimum Gasteiger partial charge on any atom is -0.373 e. The molecule has 1 aromatic carbocycles. The minimum absolute atomic E-state index is 0.198. The molecule has 0 atom stereocenters. The van der Waals surface area contributed by atoms with E-state index in [9.17, 15) is 4.79 Å². The number of nitrogens with one attached hydrogen (secondary N) is 1. The Morgan fingerprint density at radius 2 is 1.95 bits per heavy atom. The number of nitrogens with zero attached hydrogens (tertiary/aromatic N) is 2. The van der Waals surface area contributed by atoms with E-state index in [2.05, 4.69) is 10.3 Å². The molecule has 20 heavy (non-hydrogen) atoms. The van der Waals surface area contributed by atoms with Gasteiger partial charge in [-0.05, 0) is 17.7 Å². The maximum atomic E-state index is 12.4. The fourth-order valence-electron chi connectivity index (χ4n) is 1.84. The van der Waals surface area contributed by atoms with Gasteiger partial charge in [-0.15, -0.1) is 0 Å². The smallest absolute Gasteiger partial charge is 0.274 e. The van der Waals surface area contributed by atoms with Crippen molar-refractivity contribution in [1.82, 2.24) is 9.88 Å². The number of pyridine rings is 1. The van der Waals surface area contributed by atoms with Gasteiger partial charge in [-0.2, -0.15) is 0 Å².